The zero-order valence-electron chi connectivity index (χ0n) is 17.2. The normalized spacial score (nSPS) is 13.5. The maximum atomic E-state index is 13.8. The van der Waals surface area contributed by atoms with Crippen molar-refractivity contribution in [2.75, 3.05) is 12.4 Å². The van der Waals surface area contributed by atoms with Crippen LogP contribution in [0.4, 0.5) is 23.2 Å². The molecule has 0 aliphatic heterocycles. The van der Waals surface area contributed by atoms with Crippen LogP contribution in [0.1, 0.15) is 40.2 Å². The summed E-state index contributed by atoms with van der Waals surface area (Å²) >= 11 is 0. The number of aromatic nitrogens is 1. The molecular weight excluding hydrogens is 444 g/mol. The first kappa shape index (κ1) is 22.4. The zero-order valence-corrected chi connectivity index (χ0v) is 17.2. The number of nitrogens with zero attached hydrogens (tertiary/aromatic N) is 1. The van der Waals surface area contributed by atoms with Gasteiger partial charge in [-0.25, -0.2) is 9.37 Å². The second kappa shape index (κ2) is 8.61. The van der Waals surface area contributed by atoms with Crippen LogP contribution in [0.5, 0.6) is 23.1 Å². The van der Waals surface area contributed by atoms with E-state index in [0.717, 1.165) is 30.3 Å². The van der Waals surface area contributed by atoms with E-state index < -0.39 is 34.8 Å². The predicted octanol–water partition coefficient (Wildman–Crippen LogP) is 5.88. The summed E-state index contributed by atoms with van der Waals surface area (Å²) in [6.07, 6.45) is -2.18. The van der Waals surface area contributed by atoms with E-state index in [0.29, 0.717) is 12.8 Å². The van der Waals surface area contributed by atoms with Gasteiger partial charge in [-0.3, -0.25) is 4.79 Å². The number of halogens is 4. The van der Waals surface area contributed by atoms with Crippen molar-refractivity contribution >= 4 is 11.6 Å². The van der Waals surface area contributed by atoms with Crippen molar-refractivity contribution < 1.29 is 36.9 Å². The summed E-state index contributed by atoms with van der Waals surface area (Å²) in [5.41, 5.74) is -1.10. The number of methoxy groups -OCH3 is 1. The first-order valence-corrected chi connectivity index (χ1v) is 9.88. The SMILES string of the molecule is COc1cc(NC(=O)c2cc(C(F)(F)F)c(C3CC3)cc2Oc2ccc(F)cc2O)ccn1. The third-order valence-electron chi connectivity index (χ3n) is 5.06. The molecule has 0 atom stereocenters. The molecule has 0 bridgehead atoms. The van der Waals surface area contributed by atoms with E-state index >= 15 is 0 Å². The minimum atomic E-state index is -4.69. The maximum Gasteiger partial charge on any atom is 0.416 e. The first-order chi connectivity index (χ1) is 15.7. The number of ether oxygens (including phenoxy) is 2. The molecule has 0 spiro atoms. The van der Waals surface area contributed by atoms with Crippen molar-refractivity contribution in [3.63, 3.8) is 0 Å². The van der Waals surface area contributed by atoms with Crippen LogP contribution in [0.15, 0.2) is 48.7 Å². The molecule has 1 amide bonds. The van der Waals surface area contributed by atoms with Crippen LogP contribution in [-0.2, 0) is 6.18 Å². The minimum Gasteiger partial charge on any atom is -0.504 e. The zero-order chi connectivity index (χ0) is 23.8. The molecule has 33 heavy (non-hydrogen) atoms. The minimum absolute atomic E-state index is 0.00114. The second-order valence-electron chi connectivity index (χ2n) is 7.46. The summed E-state index contributed by atoms with van der Waals surface area (Å²) in [4.78, 5) is 16.9. The Balaban J connectivity index is 1.79. The number of amides is 1. The summed E-state index contributed by atoms with van der Waals surface area (Å²) in [6, 6.07) is 7.66. The van der Waals surface area contributed by atoms with Crippen LogP contribution in [-0.4, -0.2) is 23.1 Å². The molecule has 1 aliphatic carbocycles. The van der Waals surface area contributed by atoms with Crippen LogP contribution >= 0.6 is 0 Å². The summed E-state index contributed by atoms with van der Waals surface area (Å²) in [5, 5.41) is 12.5. The number of hydrogen-bond acceptors (Lipinski definition) is 5. The van der Waals surface area contributed by atoms with Crippen LogP contribution in [0.2, 0.25) is 0 Å². The van der Waals surface area contributed by atoms with Gasteiger partial charge < -0.3 is 19.9 Å². The molecule has 3 aromatic rings. The highest BCUT2D eigenvalue weighted by Gasteiger charge is 2.40. The van der Waals surface area contributed by atoms with Gasteiger partial charge in [0.2, 0.25) is 5.88 Å². The number of alkyl halides is 3. The van der Waals surface area contributed by atoms with Gasteiger partial charge in [-0.2, -0.15) is 13.2 Å². The molecule has 1 aromatic heterocycles. The number of carbonyl (C=O) groups is 1. The molecule has 0 radical (unpaired) electrons. The standard InChI is InChI=1S/C23H18F4N2O4/c1-32-21-9-14(6-7-28-21)29-22(31)16-10-17(23(25,26)27)15(12-2-3-12)11-20(16)33-19-5-4-13(24)8-18(19)30/h4-12,30H,2-3H2,1H3,(H,28,29,31). The fraction of sp³-hybridized carbons (Fsp3) is 0.217. The fourth-order valence-electron chi connectivity index (χ4n) is 3.33. The number of phenolic OH excluding ortho intramolecular Hbond substituents is 1. The van der Waals surface area contributed by atoms with Gasteiger partial charge in [-0.05, 0) is 54.7 Å². The molecule has 10 heteroatoms. The highest BCUT2D eigenvalue weighted by molar-refractivity contribution is 6.06. The van der Waals surface area contributed by atoms with Gasteiger partial charge in [-0.15, -0.1) is 0 Å². The molecule has 0 saturated heterocycles. The molecule has 0 unspecified atom stereocenters. The molecule has 1 fully saturated rings. The van der Waals surface area contributed by atoms with E-state index in [1.165, 1.54) is 25.4 Å². The number of pyridine rings is 1. The molecule has 4 rings (SSSR count). The van der Waals surface area contributed by atoms with Gasteiger partial charge in [0.05, 0.1) is 18.2 Å². The Morgan fingerprint density at radius 2 is 1.88 bits per heavy atom. The van der Waals surface area contributed by atoms with Gasteiger partial charge in [-0.1, -0.05) is 0 Å². The molecule has 1 aliphatic rings. The van der Waals surface area contributed by atoms with E-state index in [1.54, 1.807) is 0 Å². The smallest absolute Gasteiger partial charge is 0.416 e. The second-order valence-corrected chi connectivity index (χ2v) is 7.46. The molecule has 6 nitrogen and oxygen atoms in total. The third kappa shape index (κ3) is 5.00. The largest absolute Gasteiger partial charge is 0.504 e. The van der Waals surface area contributed by atoms with Gasteiger partial charge in [0.15, 0.2) is 11.5 Å². The predicted molar refractivity (Wildman–Crippen MR) is 110 cm³/mol. The number of nitrogens with one attached hydrogen (secondary N) is 1. The van der Waals surface area contributed by atoms with E-state index in [-0.39, 0.29) is 34.5 Å². The number of anilines is 1. The van der Waals surface area contributed by atoms with Gasteiger partial charge >= 0.3 is 6.18 Å². The van der Waals surface area contributed by atoms with Crippen molar-refractivity contribution in [2.45, 2.75) is 24.9 Å². The lowest BCUT2D eigenvalue weighted by Crippen LogP contribution is -2.17. The molecular formula is C23H18F4N2O4. The third-order valence-corrected chi connectivity index (χ3v) is 5.06. The average Bonchev–Trinajstić information content (AvgIpc) is 3.60. The van der Waals surface area contributed by atoms with Gasteiger partial charge in [0, 0.05) is 24.0 Å². The Bertz CT molecular complexity index is 1210. The summed E-state index contributed by atoms with van der Waals surface area (Å²) in [6.45, 7) is 0. The highest BCUT2D eigenvalue weighted by Crippen LogP contribution is 2.48. The average molecular weight is 462 g/mol. The maximum absolute atomic E-state index is 13.8. The Morgan fingerprint density at radius 1 is 1.12 bits per heavy atom. The monoisotopic (exact) mass is 462 g/mol. The molecule has 2 N–H and O–H groups in total. The fourth-order valence-corrected chi connectivity index (χ4v) is 3.33. The summed E-state index contributed by atoms with van der Waals surface area (Å²) in [7, 11) is 1.38. The number of aromatic hydroxyl groups is 1. The van der Waals surface area contributed by atoms with Gasteiger partial charge in [0.25, 0.3) is 5.91 Å². The van der Waals surface area contributed by atoms with Crippen molar-refractivity contribution in [1.29, 1.82) is 0 Å². The number of carbonyl (C=O) groups excluding carboxylic acids is 1. The molecule has 172 valence electrons. The van der Waals surface area contributed by atoms with Gasteiger partial charge in [0.1, 0.15) is 11.6 Å². The number of rotatable bonds is 6. The lowest BCUT2D eigenvalue weighted by molar-refractivity contribution is -0.138. The van der Waals surface area contributed by atoms with E-state index in [2.05, 4.69) is 10.3 Å². The number of phenols is 1. The highest BCUT2D eigenvalue weighted by atomic mass is 19.4. The topological polar surface area (TPSA) is 80.7 Å². The lowest BCUT2D eigenvalue weighted by atomic mass is 9.98. The van der Waals surface area contributed by atoms with Crippen molar-refractivity contribution in [3.8, 4) is 23.1 Å². The molecule has 2 aromatic carbocycles. The molecule has 1 saturated carbocycles. The van der Waals surface area contributed by atoms with Crippen molar-refractivity contribution in [2.24, 2.45) is 0 Å². The Labute approximate surface area is 185 Å². The van der Waals surface area contributed by atoms with Crippen LogP contribution in [0, 0.1) is 5.82 Å². The van der Waals surface area contributed by atoms with Crippen molar-refractivity contribution in [1.82, 2.24) is 4.98 Å². The molecule has 1 heterocycles. The number of hydrogen-bond donors (Lipinski definition) is 2. The van der Waals surface area contributed by atoms with E-state index in [1.807, 2.05) is 0 Å². The van der Waals surface area contributed by atoms with E-state index in [4.69, 9.17) is 9.47 Å². The Hall–Kier alpha value is -3.82. The number of benzene rings is 2. The summed E-state index contributed by atoms with van der Waals surface area (Å²) < 4.78 is 65.3. The Kier molecular flexibility index (Phi) is 5.84. The van der Waals surface area contributed by atoms with Crippen LogP contribution < -0.4 is 14.8 Å². The van der Waals surface area contributed by atoms with Crippen molar-refractivity contribution in [3.05, 3.63) is 71.2 Å². The van der Waals surface area contributed by atoms with Crippen LogP contribution in [0.25, 0.3) is 0 Å². The lowest BCUT2D eigenvalue weighted by Gasteiger charge is -2.19. The van der Waals surface area contributed by atoms with Crippen LogP contribution in [0.3, 0.4) is 0 Å². The quantitative estimate of drug-likeness (QED) is 0.448. The van der Waals surface area contributed by atoms with E-state index in [9.17, 15) is 27.5 Å². The summed E-state index contributed by atoms with van der Waals surface area (Å²) in [5.74, 6) is -2.70. The first-order valence-electron chi connectivity index (χ1n) is 9.88. The Morgan fingerprint density at radius 3 is 2.52 bits per heavy atom.